The molecule has 0 spiro atoms. The second kappa shape index (κ2) is 10.9. The standard InChI is InChI=1S/C29H33Cl2N3O/c30-26-17-21(27(31)16-20(26)6-2-1-5-14-32)18-34-29(12-13-29)25-19-33-15-11-23(25)24-7-3-4-8-28(24)35-22-9-10-22/h3-4,7-8,11,15-17,19,22,34H,1-2,5-6,9-10,12-14,18,32H2. The van der Waals surface area contributed by atoms with E-state index in [1.165, 1.54) is 11.1 Å². The number of benzene rings is 2. The summed E-state index contributed by atoms with van der Waals surface area (Å²) in [7, 11) is 0. The zero-order valence-corrected chi connectivity index (χ0v) is 21.5. The molecule has 2 aromatic carbocycles. The Hall–Kier alpha value is -2.11. The molecule has 184 valence electrons. The van der Waals surface area contributed by atoms with E-state index in [-0.39, 0.29) is 5.54 Å². The smallest absolute Gasteiger partial charge is 0.127 e. The highest BCUT2D eigenvalue weighted by molar-refractivity contribution is 6.34. The summed E-state index contributed by atoms with van der Waals surface area (Å²) >= 11 is 13.3. The molecular formula is C29H33Cl2N3O. The Balaban J connectivity index is 1.33. The van der Waals surface area contributed by atoms with Crippen molar-refractivity contribution < 1.29 is 4.74 Å². The van der Waals surface area contributed by atoms with Crippen LogP contribution in [0.4, 0.5) is 0 Å². The molecule has 2 saturated carbocycles. The van der Waals surface area contributed by atoms with Gasteiger partial charge >= 0.3 is 0 Å². The van der Waals surface area contributed by atoms with Crippen LogP contribution in [0.15, 0.2) is 54.9 Å². The summed E-state index contributed by atoms with van der Waals surface area (Å²) in [5, 5.41) is 5.35. The molecule has 3 N–H and O–H groups in total. The van der Waals surface area contributed by atoms with Gasteiger partial charge in [-0.15, -0.1) is 0 Å². The van der Waals surface area contributed by atoms with E-state index in [1.54, 1.807) is 0 Å². The van der Waals surface area contributed by atoms with Crippen molar-refractivity contribution in [2.75, 3.05) is 6.54 Å². The maximum atomic E-state index is 6.69. The Kier molecular flexibility index (Phi) is 7.64. The highest BCUT2D eigenvalue weighted by Crippen LogP contribution is 2.50. The molecule has 4 nitrogen and oxygen atoms in total. The van der Waals surface area contributed by atoms with Crippen LogP contribution in [-0.2, 0) is 18.5 Å². The first-order valence-electron chi connectivity index (χ1n) is 12.7. The van der Waals surface area contributed by atoms with Crippen LogP contribution in [0.2, 0.25) is 10.0 Å². The Morgan fingerprint density at radius 1 is 0.971 bits per heavy atom. The van der Waals surface area contributed by atoms with Crippen molar-refractivity contribution in [3.05, 3.63) is 81.6 Å². The molecule has 0 bridgehead atoms. The summed E-state index contributed by atoms with van der Waals surface area (Å²) in [6, 6.07) is 14.5. The molecular weight excluding hydrogens is 477 g/mol. The summed E-state index contributed by atoms with van der Waals surface area (Å²) in [6.45, 7) is 1.39. The third-order valence-corrected chi connectivity index (χ3v) is 7.77. The number of unbranched alkanes of at least 4 members (excludes halogenated alkanes) is 2. The highest BCUT2D eigenvalue weighted by Gasteiger charge is 2.45. The Morgan fingerprint density at radius 3 is 2.51 bits per heavy atom. The molecule has 2 aliphatic carbocycles. The van der Waals surface area contributed by atoms with E-state index in [1.807, 2.05) is 30.6 Å². The fourth-order valence-corrected chi connectivity index (χ4v) is 5.23. The average molecular weight is 511 g/mol. The first-order valence-corrected chi connectivity index (χ1v) is 13.5. The second-order valence-corrected chi connectivity index (χ2v) is 10.6. The van der Waals surface area contributed by atoms with Gasteiger partial charge in [0.1, 0.15) is 5.75 Å². The van der Waals surface area contributed by atoms with Crippen LogP contribution in [-0.4, -0.2) is 17.6 Å². The van der Waals surface area contributed by atoms with Crippen LogP contribution >= 0.6 is 23.2 Å². The Labute approximate surface area is 218 Å². The lowest BCUT2D eigenvalue weighted by atomic mass is 9.94. The van der Waals surface area contributed by atoms with Crippen LogP contribution in [0.1, 0.15) is 61.6 Å². The quantitative estimate of drug-likeness (QED) is 0.257. The van der Waals surface area contributed by atoms with Crippen molar-refractivity contribution in [1.82, 2.24) is 10.3 Å². The molecule has 0 amide bonds. The number of para-hydroxylation sites is 1. The first-order chi connectivity index (χ1) is 17.1. The van der Waals surface area contributed by atoms with E-state index in [9.17, 15) is 0 Å². The van der Waals surface area contributed by atoms with E-state index >= 15 is 0 Å². The van der Waals surface area contributed by atoms with Gasteiger partial charge in [0.2, 0.25) is 0 Å². The van der Waals surface area contributed by atoms with E-state index in [0.717, 1.165) is 90.4 Å². The van der Waals surface area contributed by atoms with Crippen LogP contribution in [0.5, 0.6) is 5.75 Å². The molecule has 0 saturated heterocycles. The number of aromatic nitrogens is 1. The van der Waals surface area contributed by atoms with Crippen molar-refractivity contribution in [3.63, 3.8) is 0 Å². The van der Waals surface area contributed by atoms with Crippen molar-refractivity contribution in [3.8, 4) is 16.9 Å². The third kappa shape index (κ3) is 5.83. The number of hydrogen-bond acceptors (Lipinski definition) is 4. The third-order valence-electron chi connectivity index (χ3n) is 7.06. The molecule has 2 aliphatic rings. The minimum atomic E-state index is -0.118. The average Bonchev–Trinajstić information content (AvgIpc) is 3.80. The fraction of sp³-hybridized carbons (Fsp3) is 0.414. The lowest BCUT2D eigenvalue weighted by Crippen LogP contribution is -2.29. The van der Waals surface area contributed by atoms with Gasteiger partial charge < -0.3 is 15.8 Å². The molecule has 1 heterocycles. The Morgan fingerprint density at radius 2 is 1.74 bits per heavy atom. The van der Waals surface area contributed by atoms with Gasteiger partial charge in [0.05, 0.1) is 6.10 Å². The molecule has 0 aliphatic heterocycles. The lowest BCUT2D eigenvalue weighted by molar-refractivity contribution is 0.304. The van der Waals surface area contributed by atoms with Crippen LogP contribution < -0.4 is 15.8 Å². The number of rotatable bonds is 12. The molecule has 0 atom stereocenters. The zero-order chi connectivity index (χ0) is 24.3. The predicted octanol–water partition coefficient (Wildman–Crippen LogP) is 7.05. The lowest BCUT2D eigenvalue weighted by Gasteiger charge is -2.23. The van der Waals surface area contributed by atoms with Gasteiger partial charge in [0, 0.05) is 40.1 Å². The van der Waals surface area contributed by atoms with Crippen molar-refractivity contribution in [1.29, 1.82) is 0 Å². The molecule has 3 aromatic rings. The molecule has 5 rings (SSSR count). The van der Waals surface area contributed by atoms with E-state index in [4.69, 9.17) is 33.7 Å². The second-order valence-electron chi connectivity index (χ2n) is 9.80. The van der Waals surface area contributed by atoms with Gasteiger partial charge in [-0.3, -0.25) is 4.98 Å². The summed E-state index contributed by atoms with van der Waals surface area (Å²) in [4.78, 5) is 4.48. The van der Waals surface area contributed by atoms with Gasteiger partial charge in [0.15, 0.2) is 0 Å². The first kappa shape index (κ1) is 24.6. The maximum Gasteiger partial charge on any atom is 0.127 e. The van der Waals surface area contributed by atoms with Crippen molar-refractivity contribution >= 4 is 23.2 Å². The van der Waals surface area contributed by atoms with Gasteiger partial charge in [-0.2, -0.15) is 0 Å². The van der Waals surface area contributed by atoms with E-state index < -0.39 is 0 Å². The molecule has 2 fully saturated rings. The topological polar surface area (TPSA) is 60.2 Å². The van der Waals surface area contributed by atoms with Crippen LogP contribution in [0.3, 0.4) is 0 Å². The SMILES string of the molecule is NCCCCCc1cc(Cl)c(CNC2(c3cnccc3-c3ccccc3OC3CC3)CC2)cc1Cl. The number of halogens is 2. The number of nitrogens with zero attached hydrogens (tertiary/aromatic N) is 1. The summed E-state index contributed by atoms with van der Waals surface area (Å²) in [5.74, 6) is 0.954. The van der Waals surface area contributed by atoms with E-state index in [2.05, 4.69) is 34.6 Å². The minimum Gasteiger partial charge on any atom is -0.490 e. The monoisotopic (exact) mass is 509 g/mol. The number of aryl methyl sites for hydroxylation is 1. The minimum absolute atomic E-state index is 0.118. The number of pyridine rings is 1. The number of nitrogens with one attached hydrogen (secondary N) is 1. The summed E-state index contributed by atoms with van der Waals surface area (Å²) < 4.78 is 6.23. The van der Waals surface area contributed by atoms with Gasteiger partial charge in [0.25, 0.3) is 0 Å². The molecule has 0 unspecified atom stereocenters. The molecule has 6 heteroatoms. The zero-order valence-electron chi connectivity index (χ0n) is 20.0. The van der Waals surface area contributed by atoms with Crippen molar-refractivity contribution in [2.45, 2.75) is 69.6 Å². The number of ether oxygens (including phenoxy) is 1. The largest absolute Gasteiger partial charge is 0.490 e. The highest BCUT2D eigenvalue weighted by atomic mass is 35.5. The predicted molar refractivity (Wildman–Crippen MR) is 144 cm³/mol. The van der Waals surface area contributed by atoms with Gasteiger partial charge in [-0.25, -0.2) is 0 Å². The number of nitrogens with two attached hydrogens (primary N) is 1. The Bertz CT molecular complexity index is 1170. The normalized spacial score (nSPS) is 16.3. The fourth-order valence-electron chi connectivity index (χ4n) is 4.69. The molecule has 35 heavy (non-hydrogen) atoms. The molecule has 1 aromatic heterocycles. The summed E-state index contributed by atoms with van der Waals surface area (Å²) in [6.07, 6.45) is 12.8. The van der Waals surface area contributed by atoms with Crippen LogP contribution in [0.25, 0.3) is 11.1 Å². The number of hydrogen-bond donors (Lipinski definition) is 2. The van der Waals surface area contributed by atoms with E-state index in [0.29, 0.717) is 12.6 Å². The maximum absolute atomic E-state index is 6.69. The van der Waals surface area contributed by atoms with Crippen molar-refractivity contribution in [2.24, 2.45) is 5.73 Å². The van der Waals surface area contributed by atoms with Crippen LogP contribution in [0, 0.1) is 0 Å². The molecule has 0 radical (unpaired) electrons. The summed E-state index contributed by atoms with van der Waals surface area (Å²) in [5.41, 5.74) is 11.1. The van der Waals surface area contributed by atoms with Gasteiger partial charge in [-0.1, -0.05) is 47.8 Å². The van der Waals surface area contributed by atoms with Gasteiger partial charge in [-0.05, 0) is 98.0 Å².